The van der Waals surface area contributed by atoms with Crippen LogP contribution in [0, 0.1) is 12.3 Å². The Balaban J connectivity index is 2.46. The van der Waals surface area contributed by atoms with Crippen LogP contribution in [-0.4, -0.2) is 37.3 Å². The van der Waals surface area contributed by atoms with Gasteiger partial charge in [-0.05, 0) is 12.1 Å². The molecule has 18 heavy (non-hydrogen) atoms. The van der Waals surface area contributed by atoms with Crippen molar-refractivity contribution in [1.29, 1.82) is 0 Å². The molecule has 0 aliphatic carbocycles. The van der Waals surface area contributed by atoms with Gasteiger partial charge in [-0.3, -0.25) is 4.90 Å². The van der Waals surface area contributed by atoms with E-state index in [0.717, 1.165) is 16.9 Å². The summed E-state index contributed by atoms with van der Waals surface area (Å²) in [4.78, 5) is 2.01. The summed E-state index contributed by atoms with van der Waals surface area (Å²) in [5, 5.41) is 10.2. The first kappa shape index (κ1) is 12.7. The van der Waals surface area contributed by atoms with Gasteiger partial charge in [-0.15, -0.1) is 6.42 Å². The number of methoxy groups -OCH3 is 2. The van der Waals surface area contributed by atoms with Crippen LogP contribution in [0.1, 0.15) is 17.2 Å². The number of fused-ring (bicyclic) bond motifs is 1. The highest BCUT2D eigenvalue weighted by atomic mass is 16.5. The van der Waals surface area contributed by atoms with Crippen molar-refractivity contribution < 1.29 is 14.6 Å². The third kappa shape index (κ3) is 2.15. The molecule has 0 aromatic heterocycles. The zero-order valence-corrected chi connectivity index (χ0v) is 10.6. The fourth-order valence-corrected chi connectivity index (χ4v) is 2.39. The predicted molar refractivity (Wildman–Crippen MR) is 68.6 cm³/mol. The minimum atomic E-state index is -0.604. The molecule has 4 nitrogen and oxygen atoms in total. The van der Waals surface area contributed by atoms with Crippen molar-refractivity contribution in [3.8, 4) is 23.8 Å². The Bertz CT molecular complexity index is 479. The molecule has 2 rings (SSSR count). The number of nitrogens with zero attached hydrogens (tertiary/aromatic N) is 1. The van der Waals surface area contributed by atoms with Crippen LogP contribution >= 0.6 is 0 Å². The minimum absolute atomic E-state index is 0.511. The van der Waals surface area contributed by atoms with Gasteiger partial charge in [-0.25, -0.2) is 0 Å². The molecule has 0 saturated carbocycles. The summed E-state index contributed by atoms with van der Waals surface area (Å²) >= 11 is 0. The number of rotatable bonds is 3. The van der Waals surface area contributed by atoms with Gasteiger partial charge >= 0.3 is 0 Å². The molecular weight excluding hydrogens is 230 g/mol. The number of terminal acetylenes is 1. The number of hydrogen-bond acceptors (Lipinski definition) is 4. The number of β-amino-alcohol motifs (C(OH)–C–C–N with tert-alkyl or cyclic N) is 1. The highest BCUT2D eigenvalue weighted by Gasteiger charge is 2.29. The van der Waals surface area contributed by atoms with E-state index in [0.29, 0.717) is 25.4 Å². The second kappa shape index (κ2) is 5.30. The van der Waals surface area contributed by atoms with Gasteiger partial charge in [0, 0.05) is 24.2 Å². The summed E-state index contributed by atoms with van der Waals surface area (Å²) in [5.41, 5.74) is 1.76. The predicted octanol–water partition coefficient (Wildman–Crippen LogP) is 1.19. The Hall–Kier alpha value is -1.70. The average Bonchev–Trinajstić information content (AvgIpc) is 2.37. The first-order chi connectivity index (χ1) is 8.71. The van der Waals surface area contributed by atoms with Crippen molar-refractivity contribution in [3.05, 3.63) is 23.3 Å². The van der Waals surface area contributed by atoms with Crippen LogP contribution in [-0.2, 0) is 6.54 Å². The molecule has 0 radical (unpaired) electrons. The van der Waals surface area contributed by atoms with Crippen LogP contribution in [0.25, 0.3) is 0 Å². The summed E-state index contributed by atoms with van der Waals surface area (Å²) in [6, 6.07) is 3.67. The fraction of sp³-hybridized carbons (Fsp3) is 0.429. The fourth-order valence-electron chi connectivity index (χ4n) is 2.39. The lowest BCUT2D eigenvalue weighted by atomic mass is 9.95. The maximum atomic E-state index is 10.2. The Kier molecular flexibility index (Phi) is 3.75. The number of aliphatic hydroxyl groups is 1. The van der Waals surface area contributed by atoms with E-state index in [-0.39, 0.29) is 0 Å². The second-order valence-electron chi connectivity index (χ2n) is 4.25. The van der Waals surface area contributed by atoms with Crippen LogP contribution in [0.4, 0.5) is 0 Å². The van der Waals surface area contributed by atoms with Gasteiger partial charge in [0.25, 0.3) is 0 Å². The molecule has 0 fully saturated rings. The maximum Gasteiger partial charge on any atom is 0.125 e. The number of aliphatic hydroxyl groups excluding tert-OH is 1. The lowest BCUT2D eigenvalue weighted by Crippen LogP contribution is -2.34. The largest absolute Gasteiger partial charge is 0.496 e. The van der Waals surface area contributed by atoms with Crippen LogP contribution in [0.15, 0.2) is 12.1 Å². The first-order valence-corrected chi connectivity index (χ1v) is 5.79. The minimum Gasteiger partial charge on any atom is -0.496 e. The van der Waals surface area contributed by atoms with Gasteiger partial charge in [-0.2, -0.15) is 0 Å². The van der Waals surface area contributed by atoms with Crippen LogP contribution in [0.3, 0.4) is 0 Å². The van der Waals surface area contributed by atoms with Crippen molar-refractivity contribution >= 4 is 0 Å². The van der Waals surface area contributed by atoms with E-state index in [1.165, 1.54) is 0 Å². The van der Waals surface area contributed by atoms with E-state index in [1.54, 1.807) is 14.2 Å². The number of ether oxygens (including phenoxy) is 2. The first-order valence-electron chi connectivity index (χ1n) is 5.79. The van der Waals surface area contributed by atoms with Crippen molar-refractivity contribution in [2.75, 3.05) is 27.3 Å². The van der Waals surface area contributed by atoms with E-state index >= 15 is 0 Å². The molecule has 4 heteroatoms. The van der Waals surface area contributed by atoms with E-state index in [9.17, 15) is 5.11 Å². The van der Waals surface area contributed by atoms with Crippen LogP contribution < -0.4 is 9.47 Å². The summed E-state index contributed by atoms with van der Waals surface area (Å²) < 4.78 is 10.6. The molecule has 1 aromatic carbocycles. The Morgan fingerprint density at radius 3 is 2.67 bits per heavy atom. The van der Waals surface area contributed by atoms with Crippen LogP contribution in [0.2, 0.25) is 0 Å². The van der Waals surface area contributed by atoms with E-state index in [1.807, 2.05) is 17.0 Å². The normalized spacial score (nSPS) is 18.9. The van der Waals surface area contributed by atoms with Gasteiger partial charge in [0.15, 0.2) is 0 Å². The van der Waals surface area contributed by atoms with Crippen molar-refractivity contribution in [2.45, 2.75) is 12.6 Å². The summed E-state index contributed by atoms with van der Waals surface area (Å²) in [6.45, 7) is 1.69. The van der Waals surface area contributed by atoms with E-state index in [2.05, 4.69) is 5.92 Å². The molecule has 1 N–H and O–H groups in total. The summed E-state index contributed by atoms with van der Waals surface area (Å²) in [5.74, 6) is 4.05. The highest BCUT2D eigenvalue weighted by Crippen LogP contribution is 2.39. The van der Waals surface area contributed by atoms with Gasteiger partial charge in [0.05, 0.1) is 26.9 Å². The number of hydrogen-bond donors (Lipinski definition) is 1. The lowest BCUT2D eigenvalue weighted by Gasteiger charge is -2.32. The Labute approximate surface area is 107 Å². The smallest absolute Gasteiger partial charge is 0.125 e. The molecule has 0 saturated heterocycles. The molecule has 1 aliphatic rings. The SMILES string of the molecule is C#CCN1Cc2c(OC)ccc(OC)c2[C@@H](O)C1. The highest BCUT2D eigenvalue weighted by molar-refractivity contribution is 5.51. The molecule has 1 aliphatic heterocycles. The molecule has 0 bridgehead atoms. The number of benzene rings is 1. The molecule has 0 unspecified atom stereocenters. The Morgan fingerprint density at radius 1 is 1.39 bits per heavy atom. The van der Waals surface area contributed by atoms with Gasteiger partial charge < -0.3 is 14.6 Å². The zero-order valence-electron chi connectivity index (χ0n) is 10.6. The maximum absolute atomic E-state index is 10.2. The molecule has 0 amide bonds. The third-order valence-electron chi connectivity index (χ3n) is 3.17. The van der Waals surface area contributed by atoms with Gasteiger partial charge in [0.2, 0.25) is 0 Å². The van der Waals surface area contributed by atoms with Crippen LogP contribution in [0.5, 0.6) is 11.5 Å². The second-order valence-corrected chi connectivity index (χ2v) is 4.25. The monoisotopic (exact) mass is 247 g/mol. The van der Waals surface area contributed by atoms with Gasteiger partial charge in [-0.1, -0.05) is 5.92 Å². The Morgan fingerprint density at radius 2 is 2.06 bits per heavy atom. The van der Waals surface area contributed by atoms with Gasteiger partial charge in [0.1, 0.15) is 11.5 Å². The molecule has 0 spiro atoms. The van der Waals surface area contributed by atoms with E-state index in [4.69, 9.17) is 15.9 Å². The summed E-state index contributed by atoms with van der Waals surface area (Å²) in [6.07, 6.45) is 4.72. The third-order valence-corrected chi connectivity index (χ3v) is 3.17. The van der Waals surface area contributed by atoms with Crippen molar-refractivity contribution in [2.24, 2.45) is 0 Å². The quantitative estimate of drug-likeness (QED) is 0.815. The average molecular weight is 247 g/mol. The van der Waals surface area contributed by atoms with Crippen molar-refractivity contribution in [1.82, 2.24) is 4.90 Å². The topological polar surface area (TPSA) is 41.9 Å². The molecule has 1 heterocycles. The molecule has 1 atom stereocenters. The van der Waals surface area contributed by atoms with E-state index < -0.39 is 6.10 Å². The molecule has 96 valence electrons. The molecule has 1 aromatic rings. The summed E-state index contributed by atoms with van der Waals surface area (Å²) in [7, 11) is 3.22. The lowest BCUT2D eigenvalue weighted by molar-refractivity contribution is 0.0964. The molecular formula is C14H17NO3. The standard InChI is InChI=1S/C14H17NO3/c1-4-7-15-8-10-12(17-2)5-6-13(18-3)14(10)11(16)9-15/h1,5-6,11,16H,7-9H2,2-3H3/t11-/m0/s1. The van der Waals surface area contributed by atoms with Crippen molar-refractivity contribution in [3.63, 3.8) is 0 Å². The zero-order chi connectivity index (χ0) is 13.1.